The summed E-state index contributed by atoms with van der Waals surface area (Å²) in [5, 5.41) is 6.29. The predicted molar refractivity (Wildman–Crippen MR) is 84.9 cm³/mol. The van der Waals surface area contributed by atoms with E-state index in [1.807, 2.05) is 4.90 Å². The summed E-state index contributed by atoms with van der Waals surface area (Å²) in [4.78, 5) is 14.2. The molecule has 0 atom stereocenters. The van der Waals surface area contributed by atoms with Crippen molar-refractivity contribution in [3.05, 3.63) is 4.88 Å². The molecule has 4 N–H and O–H groups in total. The molecule has 1 aromatic rings. The second-order valence-electron chi connectivity index (χ2n) is 4.70. The minimum absolute atomic E-state index is 0.0415. The van der Waals surface area contributed by atoms with E-state index in [9.17, 15) is 13.2 Å². The SMILES string of the molecule is CCS(=O)(=O)c1c(N2CCNCC2)sc(C(=O)NC)c1N. The molecule has 0 saturated carbocycles. The molecule has 0 unspecified atom stereocenters. The van der Waals surface area contributed by atoms with E-state index in [4.69, 9.17) is 5.73 Å². The van der Waals surface area contributed by atoms with Crippen LogP contribution >= 0.6 is 11.3 Å². The van der Waals surface area contributed by atoms with Gasteiger partial charge in [-0.3, -0.25) is 4.79 Å². The van der Waals surface area contributed by atoms with E-state index in [0.717, 1.165) is 24.4 Å². The Morgan fingerprint density at radius 1 is 1.43 bits per heavy atom. The molecule has 9 heteroatoms. The molecule has 1 amide bonds. The number of amides is 1. The van der Waals surface area contributed by atoms with Crippen LogP contribution in [-0.4, -0.2) is 53.3 Å². The van der Waals surface area contributed by atoms with E-state index < -0.39 is 9.84 Å². The van der Waals surface area contributed by atoms with Gasteiger partial charge >= 0.3 is 0 Å². The maximum Gasteiger partial charge on any atom is 0.263 e. The van der Waals surface area contributed by atoms with Crippen molar-refractivity contribution in [3.8, 4) is 0 Å². The molecular formula is C12H20N4O3S2. The molecule has 0 bridgehead atoms. The fourth-order valence-corrected chi connectivity index (χ4v) is 5.03. The van der Waals surface area contributed by atoms with Gasteiger partial charge in [-0.05, 0) is 0 Å². The molecular weight excluding hydrogens is 312 g/mol. The monoisotopic (exact) mass is 332 g/mol. The number of hydrogen-bond acceptors (Lipinski definition) is 7. The van der Waals surface area contributed by atoms with Gasteiger partial charge in [0.05, 0.1) is 11.4 Å². The maximum atomic E-state index is 12.4. The third-order valence-electron chi connectivity index (χ3n) is 3.41. The largest absolute Gasteiger partial charge is 0.396 e. The second-order valence-corrected chi connectivity index (χ2v) is 7.91. The highest BCUT2D eigenvalue weighted by atomic mass is 32.2. The summed E-state index contributed by atoms with van der Waals surface area (Å²) < 4.78 is 24.7. The summed E-state index contributed by atoms with van der Waals surface area (Å²) in [6.45, 7) is 4.52. The van der Waals surface area contributed by atoms with E-state index in [0.29, 0.717) is 18.1 Å². The van der Waals surface area contributed by atoms with Crippen LogP contribution in [0.4, 0.5) is 10.7 Å². The minimum atomic E-state index is -3.49. The molecule has 7 nitrogen and oxygen atoms in total. The van der Waals surface area contributed by atoms with Crippen molar-refractivity contribution in [3.63, 3.8) is 0 Å². The standard InChI is InChI=1S/C12H20N4O3S2/c1-3-21(18,19)10-8(13)9(11(17)14-2)20-12(10)16-6-4-15-5-7-16/h15H,3-7,13H2,1-2H3,(H,14,17). The van der Waals surface area contributed by atoms with Crippen LogP contribution < -0.4 is 21.3 Å². The van der Waals surface area contributed by atoms with Crippen LogP contribution in [0.2, 0.25) is 0 Å². The summed E-state index contributed by atoms with van der Waals surface area (Å²) >= 11 is 1.15. The highest BCUT2D eigenvalue weighted by Gasteiger charge is 2.31. The van der Waals surface area contributed by atoms with E-state index in [1.54, 1.807) is 6.92 Å². The first-order valence-electron chi connectivity index (χ1n) is 6.75. The molecule has 0 aromatic carbocycles. The first-order chi connectivity index (χ1) is 9.92. The number of sulfone groups is 1. The highest BCUT2D eigenvalue weighted by Crippen LogP contribution is 2.42. The number of hydrogen-bond donors (Lipinski definition) is 3. The number of nitrogens with one attached hydrogen (secondary N) is 2. The molecule has 21 heavy (non-hydrogen) atoms. The number of thiophene rings is 1. The Bertz CT molecular complexity index is 633. The van der Waals surface area contributed by atoms with Gasteiger partial charge in [-0.25, -0.2) is 8.42 Å². The van der Waals surface area contributed by atoms with Crippen LogP contribution in [0.1, 0.15) is 16.6 Å². The third-order valence-corrected chi connectivity index (χ3v) is 6.60. The normalized spacial score (nSPS) is 16.0. The Balaban J connectivity index is 2.59. The topological polar surface area (TPSA) is 105 Å². The molecule has 118 valence electrons. The van der Waals surface area contributed by atoms with E-state index in [2.05, 4.69) is 10.6 Å². The summed E-state index contributed by atoms with van der Waals surface area (Å²) in [6, 6.07) is 0. The number of carbonyl (C=O) groups is 1. The van der Waals surface area contributed by atoms with Gasteiger partial charge in [-0.2, -0.15) is 0 Å². The quantitative estimate of drug-likeness (QED) is 0.711. The lowest BCUT2D eigenvalue weighted by Crippen LogP contribution is -2.43. The minimum Gasteiger partial charge on any atom is -0.396 e. The van der Waals surface area contributed by atoms with Crippen LogP contribution in [-0.2, 0) is 9.84 Å². The highest BCUT2D eigenvalue weighted by molar-refractivity contribution is 7.92. The maximum absolute atomic E-state index is 12.4. The molecule has 1 fully saturated rings. The van der Waals surface area contributed by atoms with E-state index >= 15 is 0 Å². The number of carbonyl (C=O) groups excluding carboxylic acids is 1. The Morgan fingerprint density at radius 2 is 2.05 bits per heavy atom. The number of anilines is 2. The van der Waals surface area contributed by atoms with Gasteiger partial charge in [0, 0.05) is 33.2 Å². The first kappa shape index (κ1) is 16.1. The van der Waals surface area contributed by atoms with Gasteiger partial charge < -0.3 is 21.3 Å². The summed E-state index contributed by atoms with van der Waals surface area (Å²) in [6.07, 6.45) is 0. The predicted octanol–water partition coefficient (Wildman–Crippen LogP) is -0.107. The van der Waals surface area contributed by atoms with Crippen molar-refractivity contribution in [2.24, 2.45) is 0 Å². The van der Waals surface area contributed by atoms with Crippen molar-refractivity contribution in [1.82, 2.24) is 10.6 Å². The average molecular weight is 332 g/mol. The number of nitrogens with two attached hydrogens (primary N) is 1. The number of nitrogens with zero attached hydrogens (tertiary/aromatic N) is 1. The van der Waals surface area contributed by atoms with Gasteiger partial charge in [-0.1, -0.05) is 6.92 Å². The fraction of sp³-hybridized carbons (Fsp3) is 0.583. The van der Waals surface area contributed by atoms with Crippen molar-refractivity contribution < 1.29 is 13.2 Å². The van der Waals surface area contributed by atoms with E-state index in [-0.39, 0.29) is 27.1 Å². The lowest BCUT2D eigenvalue weighted by Gasteiger charge is -2.28. The molecule has 1 saturated heterocycles. The van der Waals surface area contributed by atoms with Crippen molar-refractivity contribution in [2.45, 2.75) is 11.8 Å². The smallest absolute Gasteiger partial charge is 0.263 e. The summed E-state index contributed by atoms with van der Waals surface area (Å²) in [7, 11) is -1.99. The fourth-order valence-electron chi connectivity index (χ4n) is 2.22. The van der Waals surface area contributed by atoms with Crippen molar-refractivity contribution >= 4 is 37.8 Å². The van der Waals surface area contributed by atoms with E-state index in [1.165, 1.54) is 7.05 Å². The zero-order chi connectivity index (χ0) is 15.6. The Hall–Kier alpha value is -1.32. The van der Waals surface area contributed by atoms with Crippen LogP contribution in [0.25, 0.3) is 0 Å². The molecule has 0 spiro atoms. The van der Waals surface area contributed by atoms with Gasteiger partial charge in [0.1, 0.15) is 14.8 Å². The second kappa shape index (κ2) is 6.20. The van der Waals surface area contributed by atoms with Gasteiger partial charge in [0.2, 0.25) is 0 Å². The number of nitrogen functional groups attached to an aromatic ring is 1. The van der Waals surface area contributed by atoms with Gasteiger partial charge in [0.15, 0.2) is 9.84 Å². The molecule has 0 radical (unpaired) electrons. The Kier molecular flexibility index (Phi) is 4.74. The Morgan fingerprint density at radius 3 is 2.57 bits per heavy atom. The van der Waals surface area contributed by atoms with Gasteiger partial charge in [0.25, 0.3) is 5.91 Å². The zero-order valence-electron chi connectivity index (χ0n) is 12.1. The lowest BCUT2D eigenvalue weighted by molar-refractivity contribution is 0.0968. The molecule has 1 aliphatic heterocycles. The zero-order valence-corrected chi connectivity index (χ0v) is 13.7. The molecule has 0 aliphatic carbocycles. The number of piperazine rings is 1. The lowest BCUT2D eigenvalue weighted by atomic mass is 10.3. The van der Waals surface area contributed by atoms with Crippen LogP contribution in [0.15, 0.2) is 4.90 Å². The average Bonchev–Trinajstić information content (AvgIpc) is 2.85. The van der Waals surface area contributed by atoms with Crippen LogP contribution in [0, 0.1) is 0 Å². The molecule has 1 aliphatic rings. The summed E-state index contributed by atoms with van der Waals surface area (Å²) in [5.41, 5.74) is 6.04. The van der Waals surface area contributed by atoms with Gasteiger partial charge in [-0.15, -0.1) is 11.3 Å². The van der Waals surface area contributed by atoms with Crippen LogP contribution in [0.5, 0.6) is 0 Å². The molecule has 1 aromatic heterocycles. The van der Waals surface area contributed by atoms with Crippen LogP contribution in [0.3, 0.4) is 0 Å². The third kappa shape index (κ3) is 2.99. The number of rotatable bonds is 4. The molecule has 2 rings (SSSR count). The first-order valence-corrected chi connectivity index (χ1v) is 9.22. The van der Waals surface area contributed by atoms with Crippen molar-refractivity contribution in [1.29, 1.82) is 0 Å². The summed E-state index contributed by atoms with van der Waals surface area (Å²) in [5.74, 6) is -0.397. The van der Waals surface area contributed by atoms with Crippen molar-refractivity contribution in [2.75, 3.05) is 49.6 Å². The molecule has 2 heterocycles. The Labute approximate surface area is 128 Å².